The Morgan fingerprint density at radius 2 is 2.14 bits per heavy atom. The molecule has 3 atom stereocenters. The van der Waals surface area contributed by atoms with Crippen molar-refractivity contribution >= 4 is 10.9 Å². The molecule has 3 rings (SSSR count). The van der Waals surface area contributed by atoms with Crippen LogP contribution in [0.2, 0.25) is 0 Å². The van der Waals surface area contributed by atoms with Crippen molar-refractivity contribution in [2.45, 2.75) is 45.1 Å². The lowest BCUT2D eigenvalue weighted by atomic mass is 9.75. The van der Waals surface area contributed by atoms with Crippen molar-refractivity contribution in [2.24, 2.45) is 11.8 Å². The number of nitrogens with zero attached hydrogens (tertiary/aromatic N) is 1. The summed E-state index contributed by atoms with van der Waals surface area (Å²) in [7, 11) is 2.09. The SMILES string of the molecule is CCC1CCCC(C(NC)c2cnc3ccccc3c2)C1. The number of nitrogens with one attached hydrogen (secondary N) is 1. The Balaban J connectivity index is 1.86. The largest absolute Gasteiger partial charge is 0.313 e. The van der Waals surface area contributed by atoms with Crippen LogP contribution in [0.3, 0.4) is 0 Å². The molecule has 1 heterocycles. The average Bonchev–Trinajstić information content (AvgIpc) is 2.56. The summed E-state index contributed by atoms with van der Waals surface area (Å²) in [5.74, 6) is 1.66. The molecular formula is C19H26N2. The van der Waals surface area contributed by atoms with Gasteiger partial charge in [0.15, 0.2) is 0 Å². The Labute approximate surface area is 128 Å². The third-order valence-electron chi connectivity index (χ3n) is 5.15. The molecule has 1 aromatic heterocycles. The zero-order valence-corrected chi connectivity index (χ0v) is 13.2. The smallest absolute Gasteiger partial charge is 0.0702 e. The van der Waals surface area contributed by atoms with Crippen molar-refractivity contribution in [3.05, 3.63) is 42.1 Å². The van der Waals surface area contributed by atoms with E-state index in [1.165, 1.54) is 43.1 Å². The van der Waals surface area contributed by atoms with Crippen LogP contribution in [0.4, 0.5) is 0 Å². The number of fused-ring (bicyclic) bond motifs is 1. The van der Waals surface area contributed by atoms with Crippen LogP contribution < -0.4 is 5.32 Å². The van der Waals surface area contributed by atoms with Gasteiger partial charge in [-0.2, -0.15) is 0 Å². The molecule has 0 saturated heterocycles. The number of para-hydroxylation sites is 1. The Kier molecular flexibility index (Phi) is 4.54. The average molecular weight is 282 g/mol. The lowest BCUT2D eigenvalue weighted by Crippen LogP contribution is -2.29. The Hall–Kier alpha value is -1.41. The molecule has 1 fully saturated rings. The lowest BCUT2D eigenvalue weighted by molar-refractivity contribution is 0.214. The van der Waals surface area contributed by atoms with Crippen LogP contribution in [-0.4, -0.2) is 12.0 Å². The van der Waals surface area contributed by atoms with Crippen LogP contribution in [0.1, 0.15) is 50.6 Å². The minimum absolute atomic E-state index is 0.441. The van der Waals surface area contributed by atoms with E-state index in [9.17, 15) is 0 Å². The topological polar surface area (TPSA) is 24.9 Å². The van der Waals surface area contributed by atoms with Crippen molar-refractivity contribution in [1.82, 2.24) is 10.3 Å². The van der Waals surface area contributed by atoms with Gasteiger partial charge in [-0.1, -0.05) is 44.4 Å². The number of hydrogen-bond donors (Lipinski definition) is 1. The summed E-state index contributed by atoms with van der Waals surface area (Å²) in [5.41, 5.74) is 2.43. The van der Waals surface area contributed by atoms with Gasteiger partial charge >= 0.3 is 0 Å². The second-order valence-electron chi connectivity index (χ2n) is 6.43. The van der Waals surface area contributed by atoms with Gasteiger partial charge < -0.3 is 5.32 Å². The van der Waals surface area contributed by atoms with E-state index in [1.807, 2.05) is 0 Å². The summed E-state index contributed by atoms with van der Waals surface area (Å²) in [6.45, 7) is 2.33. The number of aromatic nitrogens is 1. The monoisotopic (exact) mass is 282 g/mol. The van der Waals surface area contributed by atoms with Crippen molar-refractivity contribution in [3.8, 4) is 0 Å². The maximum absolute atomic E-state index is 4.64. The molecule has 1 aromatic carbocycles. The standard InChI is InChI=1S/C19H26N2/c1-3-14-7-6-9-16(11-14)19(20-2)17-12-15-8-4-5-10-18(15)21-13-17/h4-5,8,10,12-14,16,19-20H,3,6-7,9,11H2,1-2H3. The zero-order chi connectivity index (χ0) is 14.7. The maximum atomic E-state index is 4.64. The van der Waals surface area contributed by atoms with Crippen molar-refractivity contribution < 1.29 is 0 Å². The molecule has 2 heteroatoms. The molecule has 1 aliphatic carbocycles. The van der Waals surface area contributed by atoms with Crippen LogP contribution in [0.5, 0.6) is 0 Å². The molecule has 0 spiro atoms. The summed E-state index contributed by atoms with van der Waals surface area (Å²) in [4.78, 5) is 4.64. The Bertz CT molecular complexity index is 593. The van der Waals surface area contributed by atoms with E-state index >= 15 is 0 Å². The number of benzene rings is 1. The first-order valence-corrected chi connectivity index (χ1v) is 8.33. The molecule has 2 nitrogen and oxygen atoms in total. The molecule has 0 aliphatic heterocycles. The van der Waals surface area contributed by atoms with Crippen LogP contribution >= 0.6 is 0 Å². The first kappa shape index (κ1) is 14.5. The molecule has 2 aromatic rings. The number of rotatable bonds is 4. The minimum Gasteiger partial charge on any atom is -0.313 e. The van der Waals surface area contributed by atoms with Crippen molar-refractivity contribution in [1.29, 1.82) is 0 Å². The second kappa shape index (κ2) is 6.57. The van der Waals surface area contributed by atoms with Gasteiger partial charge in [0.05, 0.1) is 5.52 Å². The number of hydrogen-bond acceptors (Lipinski definition) is 2. The fourth-order valence-electron chi connectivity index (χ4n) is 3.94. The van der Waals surface area contributed by atoms with Gasteiger partial charge in [0, 0.05) is 17.6 Å². The molecule has 1 saturated carbocycles. The van der Waals surface area contributed by atoms with E-state index < -0.39 is 0 Å². The molecule has 0 amide bonds. The highest BCUT2D eigenvalue weighted by molar-refractivity contribution is 5.78. The summed E-state index contributed by atoms with van der Waals surface area (Å²) in [6.07, 6.45) is 8.88. The molecule has 112 valence electrons. The van der Waals surface area contributed by atoms with Crippen LogP contribution in [0.25, 0.3) is 10.9 Å². The molecule has 0 bridgehead atoms. The molecule has 21 heavy (non-hydrogen) atoms. The van der Waals surface area contributed by atoms with E-state index in [4.69, 9.17) is 0 Å². The van der Waals surface area contributed by atoms with Crippen LogP contribution in [0.15, 0.2) is 36.5 Å². The number of pyridine rings is 1. The predicted octanol–water partition coefficient (Wildman–Crippen LogP) is 4.71. The Morgan fingerprint density at radius 3 is 2.95 bits per heavy atom. The van der Waals surface area contributed by atoms with Gasteiger partial charge in [-0.05, 0) is 49.4 Å². The van der Waals surface area contributed by atoms with Crippen LogP contribution in [0, 0.1) is 11.8 Å². The third-order valence-corrected chi connectivity index (χ3v) is 5.15. The maximum Gasteiger partial charge on any atom is 0.0702 e. The van der Waals surface area contributed by atoms with E-state index in [1.54, 1.807) is 0 Å². The first-order valence-electron chi connectivity index (χ1n) is 8.33. The molecule has 1 aliphatic rings. The first-order chi connectivity index (χ1) is 10.3. The summed E-state index contributed by atoms with van der Waals surface area (Å²) in [6, 6.07) is 11.2. The minimum atomic E-state index is 0.441. The second-order valence-corrected chi connectivity index (χ2v) is 6.43. The van der Waals surface area contributed by atoms with Gasteiger partial charge in [0.1, 0.15) is 0 Å². The molecule has 1 N–H and O–H groups in total. The lowest BCUT2D eigenvalue weighted by Gasteiger charge is -2.34. The normalized spacial score (nSPS) is 24.1. The predicted molar refractivity (Wildman–Crippen MR) is 89.3 cm³/mol. The van der Waals surface area contributed by atoms with Gasteiger partial charge in [0.25, 0.3) is 0 Å². The van der Waals surface area contributed by atoms with Gasteiger partial charge in [-0.25, -0.2) is 0 Å². The van der Waals surface area contributed by atoms with Gasteiger partial charge in [-0.3, -0.25) is 4.98 Å². The highest BCUT2D eigenvalue weighted by Crippen LogP contribution is 2.38. The van der Waals surface area contributed by atoms with E-state index in [2.05, 4.69) is 60.8 Å². The summed E-state index contributed by atoms with van der Waals surface area (Å²) < 4.78 is 0. The van der Waals surface area contributed by atoms with Crippen molar-refractivity contribution in [2.75, 3.05) is 7.05 Å². The van der Waals surface area contributed by atoms with E-state index in [0.717, 1.165) is 17.4 Å². The van der Waals surface area contributed by atoms with E-state index in [-0.39, 0.29) is 0 Å². The fraction of sp³-hybridized carbons (Fsp3) is 0.526. The van der Waals surface area contributed by atoms with E-state index in [0.29, 0.717) is 6.04 Å². The van der Waals surface area contributed by atoms with Crippen molar-refractivity contribution in [3.63, 3.8) is 0 Å². The highest BCUT2D eigenvalue weighted by Gasteiger charge is 2.28. The molecule has 3 unspecified atom stereocenters. The summed E-state index contributed by atoms with van der Waals surface area (Å²) >= 11 is 0. The third kappa shape index (κ3) is 3.11. The Morgan fingerprint density at radius 1 is 1.29 bits per heavy atom. The fourth-order valence-corrected chi connectivity index (χ4v) is 3.94. The summed E-state index contributed by atoms with van der Waals surface area (Å²) in [5, 5.41) is 4.81. The highest BCUT2D eigenvalue weighted by atomic mass is 14.9. The molecule has 0 radical (unpaired) electrons. The molecular weight excluding hydrogens is 256 g/mol. The zero-order valence-electron chi connectivity index (χ0n) is 13.2. The quantitative estimate of drug-likeness (QED) is 0.878. The van der Waals surface area contributed by atoms with Gasteiger partial charge in [-0.15, -0.1) is 0 Å². The van der Waals surface area contributed by atoms with Gasteiger partial charge in [0.2, 0.25) is 0 Å². The van der Waals surface area contributed by atoms with Crippen LogP contribution in [-0.2, 0) is 0 Å².